The fourth-order valence-electron chi connectivity index (χ4n) is 1.76. The van der Waals surface area contributed by atoms with E-state index in [1.165, 1.54) is 0 Å². The molecule has 2 rings (SSSR count). The molecule has 0 amide bonds. The summed E-state index contributed by atoms with van der Waals surface area (Å²) in [5.41, 5.74) is -1.77. The van der Waals surface area contributed by atoms with E-state index >= 15 is 0 Å². The number of aromatic amines is 1. The highest BCUT2D eigenvalue weighted by atomic mass is 19.4. The molecular weight excluding hydrogens is 287 g/mol. The fourth-order valence-corrected chi connectivity index (χ4v) is 1.76. The number of hydrogen-bond acceptors (Lipinski definition) is 4. The van der Waals surface area contributed by atoms with Crippen molar-refractivity contribution in [1.82, 2.24) is 15.0 Å². The third-order valence-electron chi connectivity index (χ3n) is 2.64. The minimum absolute atomic E-state index is 0.0151. The van der Waals surface area contributed by atoms with Crippen molar-refractivity contribution in [2.75, 3.05) is 6.61 Å². The maximum Gasteiger partial charge on any atom is 0.417 e. The lowest BCUT2D eigenvalue weighted by molar-refractivity contribution is -0.137. The van der Waals surface area contributed by atoms with Gasteiger partial charge in [0.1, 0.15) is 12.4 Å². The van der Waals surface area contributed by atoms with Gasteiger partial charge in [0.2, 0.25) is 0 Å². The quantitative estimate of drug-likeness (QED) is 0.941. The van der Waals surface area contributed by atoms with Crippen LogP contribution in [-0.2, 0) is 17.5 Å². The highest BCUT2D eigenvalue weighted by Gasteiger charge is 2.34. The van der Waals surface area contributed by atoms with E-state index in [1.807, 2.05) is 0 Å². The highest BCUT2D eigenvalue weighted by molar-refractivity contribution is 5.62. The molecule has 0 fully saturated rings. The average Bonchev–Trinajstić information content (AvgIpc) is 2.43. The second-order valence-electron chi connectivity index (χ2n) is 4.13. The summed E-state index contributed by atoms with van der Waals surface area (Å²) >= 11 is 0. The first-order chi connectivity index (χ1) is 9.91. The van der Waals surface area contributed by atoms with E-state index in [2.05, 4.69) is 15.0 Å². The van der Waals surface area contributed by atoms with Gasteiger partial charge in [0.15, 0.2) is 0 Å². The summed E-state index contributed by atoms with van der Waals surface area (Å²) in [6.45, 7) is 2.17. The molecule has 5 nitrogen and oxygen atoms in total. The highest BCUT2D eigenvalue weighted by Crippen LogP contribution is 2.35. The molecule has 1 N–H and O–H groups in total. The standard InChI is InChI=1S/C13H12F3N3O2/c1-2-21-7-11-18-10(5-12(20)19-11)8-6-17-4-3-9(8)13(14,15)16/h3-6H,2,7H2,1H3,(H,18,19,20). The van der Waals surface area contributed by atoms with Crippen LogP contribution in [0.15, 0.2) is 29.3 Å². The fraction of sp³-hybridized carbons (Fsp3) is 0.308. The molecule has 2 aromatic heterocycles. The lowest BCUT2D eigenvalue weighted by Crippen LogP contribution is -2.14. The maximum absolute atomic E-state index is 13.0. The number of H-pyrrole nitrogens is 1. The largest absolute Gasteiger partial charge is 0.417 e. The van der Waals surface area contributed by atoms with Crippen molar-refractivity contribution in [2.24, 2.45) is 0 Å². The van der Waals surface area contributed by atoms with Gasteiger partial charge in [-0.2, -0.15) is 13.2 Å². The number of pyridine rings is 1. The molecule has 0 radical (unpaired) electrons. The number of ether oxygens (including phenoxy) is 1. The number of rotatable bonds is 4. The van der Waals surface area contributed by atoms with Crippen LogP contribution >= 0.6 is 0 Å². The molecule has 0 aliphatic heterocycles. The number of halogens is 3. The Morgan fingerprint density at radius 3 is 2.81 bits per heavy atom. The lowest BCUT2D eigenvalue weighted by Gasteiger charge is -2.12. The Labute approximate surface area is 117 Å². The van der Waals surface area contributed by atoms with E-state index in [-0.39, 0.29) is 23.7 Å². The van der Waals surface area contributed by atoms with Crippen molar-refractivity contribution in [3.8, 4) is 11.3 Å². The van der Waals surface area contributed by atoms with E-state index in [4.69, 9.17) is 4.74 Å². The van der Waals surface area contributed by atoms with Gasteiger partial charge in [0.25, 0.3) is 5.56 Å². The van der Waals surface area contributed by atoms with E-state index in [0.29, 0.717) is 6.61 Å². The van der Waals surface area contributed by atoms with Gasteiger partial charge in [0, 0.05) is 30.6 Å². The van der Waals surface area contributed by atoms with Crippen molar-refractivity contribution >= 4 is 0 Å². The number of alkyl halides is 3. The molecule has 0 bridgehead atoms. The van der Waals surface area contributed by atoms with Gasteiger partial charge < -0.3 is 9.72 Å². The molecule has 2 aromatic rings. The normalized spacial score (nSPS) is 11.6. The summed E-state index contributed by atoms with van der Waals surface area (Å²) in [5.74, 6) is 0.163. The Morgan fingerprint density at radius 2 is 2.14 bits per heavy atom. The van der Waals surface area contributed by atoms with Gasteiger partial charge in [-0.25, -0.2) is 4.98 Å². The topological polar surface area (TPSA) is 67.9 Å². The number of nitrogens with one attached hydrogen (secondary N) is 1. The zero-order valence-corrected chi connectivity index (χ0v) is 11.1. The monoisotopic (exact) mass is 299 g/mol. The Kier molecular flexibility index (Phi) is 4.37. The molecule has 0 aliphatic carbocycles. The summed E-state index contributed by atoms with van der Waals surface area (Å²) in [7, 11) is 0. The van der Waals surface area contributed by atoms with Crippen LogP contribution in [0.3, 0.4) is 0 Å². The van der Waals surface area contributed by atoms with Crippen molar-refractivity contribution in [2.45, 2.75) is 19.7 Å². The first-order valence-corrected chi connectivity index (χ1v) is 6.11. The van der Waals surface area contributed by atoms with Crippen molar-refractivity contribution in [3.63, 3.8) is 0 Å². The van der Waals surface area contributed by atoms with Gasteiger partial charge in [0.05, 0.1) is 11.3 Å². The third-order valence-corrected chi connectivity index (χ3v) is 2.64. The summed E-state index contributed by atoms with van der Waals surface area (Å²) in [5, 5.41) is 0. The van der Waals surface area contributed by atoms with E-state index < -0.39 is 17.3 Å². The van der Waals surface area contributed by atoms with Crippen molar-refractivity contribution in [3.05, 3.63) is 46.3 Å². The molecule has 0 saturated heterocycles. The predicted molar refractivity (Wildman–Crippen MR) is 68.4 cm³/mol. The van der Waals surface area contributed by atoms with Gasteiger partial charge in [-0.3, -0.25) is 9.78 Å². The van der Waals surface area contributed by atoms with Gasteiger partial charge >= 0.3 is 6.18 Å². The van der Waals surface area contributed by atoms with Crippen LogP contribution in [0.2, 0.25) is 0 Å². The summed E-state index contributed by atoms with van der Waals surface area (Å²) in [4.78, 5) is 21.6. The summed E-state index contributed by atoms with van der Waals surface area (Å²) in [6, 6.07) is 1.85. The summed E-state index contributed by atoms with van der Waals surface area (Å²) in [6.07, 6.45) is -2.47. The zero-order valence-electron chi connectivity index (χ0n) is 11.1. The first kappa shape index (κ1) is 15.2. The Hall–Kier alpha value is -2.22. The average molecular weight is 299 g/mol. The molecule has 112 valence electrons. The first-order valence-electron chi connectivity index (χ1n) is 6.11. The van der Waals surface area contributed by atoms with Crippen LogP contribution in [0.25, 0.3) is 11.3 Å². The predicted octanol–water partition coefficient (Wildman–Crippen LogP) is 2.39. The Bertz CT molecular complexity index is 683. The molecule has 0 unspecified atom stereocenters. The molecule has 2 heterocycles. The SMILES string of the molecule is CCOCc1nc(-c2cnccc2C(F)(F)F)cc(=O)[nH]1. The van der Waals surface area contributed by atoms with Gasteiger partial charge in [-0.05, 0) is 13.0 Å². The van der Waals surface area contributed by atoms with Crippen LogP contribution in [0.5, 0.6) is 0 Å². The van der Waals surface area contributed by atoms with Crippen LogP contribution in [0, 0.1) is 0 Å². The smallest absolute Gasteiger partial charge is 0.374 e. The zero-order chi connectivity index (χ0) is 15.5. The number of hydrogen-bond donors (Lipinski definition) is 1. The van der Waals surface area contributed by atoms with Crippen LogP contribution in [-0.4, -0.2) is 21.6 Å². The second kappa shape index (κ2) is 6.04. The molecule has 0 aliphatic rings. The number of nitrogens with zero attached hydrogens (tertiary/aromatic N) is 2. The lowest BCUT2D eigenvalue weighted by atomic mass is 10.1. The molecule has 21 heavy (non-hydrogen) atoms. The van der Waals surface area contributed by atoms with Crippen LogP contribution in [0.1, 0.15) is 18.3 Å². The Morgan fingerprint density at radius 1 is 1.38 bits per heavy atom. The van der Waals surface area contributed by atoms with E-state index in [9.17, 15) is 18.0 Å². The second-order valence-corrected chi connectivity index (χ2v) is 4.13. The molecule has 8 heteroatoms. The minimum atomic E-state index is -4.55. The number of aromatic nitrogens is 3. The van der Waals surface area contributed by atoms with Gasteiger partial charge in [-0.15, -0.1) is 0 Å². The molecule has 0 saturated carbocycles. The maximum atomic E-state index is 13.0. The molecule has 0 spiro atoms. The van der Waals surface area contributed by atoms with E-state index in [0.717, 1.165) is 24.5 Å². The third kappa shape index (κ3) is 3.66. The molecule has 0 atom stereocenters. The van der Waals surface area contributed by atoms with Crippen molar-refractivity contribution in [1.29, 1.82) is 0 Å². The molecule has 0 aromatic carbocycles. The van der Waals surface area contributed by atoms with Crippen LogP contribution < -0.4 is 5.56 Å². The van der Waals surface area contributed by atoms with Crippen LogP contribution in [0.4, 0.5) is 13.2 Å². The van der Waals surface area contributed by atoms with E-state index in [1.54, 1.807) is 6.92 Å². The van der Waals surface area contributed by atoms with Gasteiger partial charge in [-0.1, -0.05) is 0 Å². The molecular formula is C13H12F3N3O2. The van der Waals surface area contributed by atoms with Crippen molar-refractivity contribution < 1.29 is 17.9 Å². The summed E-state index contributed by atoms with van der Waals surface area (Å²) < 4.78 is 44.0. The minimum Gasteiger partial charge on any atom is -0.374 e. The Balaban J connectivity index is 2.52.